The quantitative estimate of drug-likeness (QED) is 0.706. The molecule has 1 heterocycles. The Morgan fingerprint density at radius 1 is 1.29 bits per heavy atom. The van der Waals surface area contributed by atoms with E-state index in [4.69, 9.17) is 0 Å². The van der Waals surface area contributed by atoms with E-state index in [1.807, 2.05) is 32.6 Å². The molecule has 1 amide bonds. The van der Waals surface area contributed by atoms with Crippen molar-refractivity contribution in [3.05, 3.63) is 12.2 Å². The Morgan fingerprint density at radius 2 is 1.86 bits per heavy atom. The van der Waals surface area contributed by atoms with Gasteiger partial charge < -0.3 is 10.0 Å². The molecule has 0 aliphatic carbocycles. The van der Waals surface area contributed by atoms with Gasteiger partial charge in [0.05, 0.1) is 12.1 Å². The van der Waals surface area contributed by atoms with Crippen molar-refractivity contribution in [2.24, 2.45) is 0 Å². The van der Waals surface area contributed by atoms with Gasteiger partial charge >= 0.3 is 0 Å². The molecule has 0 aromatic rings. The van der Waals surface area contributed by atoms with Crippen LogP contribution in [0, 0.1) is 0 Å². The monoisotopic (exact) mass is 297 g/mol. The summed E-state index contributed by atoms with van der Waals surface area (Å²) >= 11 is 0. The molecule has 0 radical (unpaired) electrons. The zero-order chi connectivity index (χ0) is 16.0. The summed E-state index contributed by atoms with van der Waals surface area (Å²) in [5.41, 5.74) is 1.01. The summed E-state index contributed by atoms with van der Waals surface area (Å²) < 4.78 is 0. The fourth-order valence-corrected chi connectivity index (χ4v) is 2.80. The molecule has 122 valence electrons. The minimum absolute atomic E-state index is 0.0852. The van der Waals surface area contributed by atoms with Crippen LogP contribution in [0.1, 0.15) is 27.7 Å². The first-order valence-electron chi connectivity index (χ1n) is 7.92. The molecule has 0 spiro atoms. The van der Waals surface area contributed by atoms with Crippen LogP contribution >= 0.6 is 0 Å². The van der Waals surface area contributed by atoms with Gasteiger partial charge in [-0.25, -0.2) is 0 Å². The molecule has 1 aliphatic heterocycles. The van der Waals surface area contributed by atoms with Gasteiger partial charge in [0.25, 0.3) is 0 Å². The Morgan fingerprint density at radius 3 is 2.29 bits per heavy atom. The number of hydrogen-bond donors (Lipinski definition) is 1. The van der Waals surface area contributed by atoms with Crippen molar-refractivity contribution in [2.45, 2.75) is 39.8 Å². The first-order chi connectivity index (χ1) is 9.85. The van der Waals surface area contributed by atoms with Crippen LogP contribution in [0.25, 0.3) is 0 Å². The molecule has 2 unspecified atom stereocenters. The third-order valence-electron chi connectivity index (χ3n) is 3.99. The largest absolute Gasteiger partial charge is 0.392 e. The Bertz CT molecular complexity index is 349. The van der Waals surface area contributed by atoms with Crippen LogP contribution in [0.5, 0.6) is 0 Å². The van der Waals surface area contributed by atoms with Crippen molar-refractivity contribution in [1.29, 1.82) is 0 Å². The average Bonchev–Trinajstić information content (AvgIpc) is 2.43. The van der Waals surface area contributed by atoms with Crippen molar-refractivity contribution < 1.29 is 9.90 Å². The van der Waals surface area contributed by atoms with E-state index in [9.17, 15) is 9.90 Å². The second-order valence-electron chi connectivity index (χ2n) is 6.17. The molecule has 1 aliphatic rings. The number of aliphatic hydroxyl groups excluding tert-OH is 1. The Hall–Kier alpha value is -0.910. The standard InChI is InChI=1S/C16H31N3O2/c1-6-18(11-13(2)3)16(21)15(5)19-9-7-17(8-10-19)12-14(4)20/h14-15,20H,2,6-12H2,1,3-5H3. The third-order valence-corrected chi connectivity index (χ3v) is 3.99. The van der Waals surface area contributed by atoms with Gasteiger partial charge in [-0.3, -0.25) is 14.6 Å². The smallest absolute Gasteiger partial charge is 0.239 e. The summed E-state index contributed by atoms with van der Waals surface area (Å²) in [4.78, 5) is 18.9. The van der Waals surface area contributed by atoms with Crippen LogP contribution in [0.2, 0.25) is 0 Å². The number of carbonyl (C=O) groups is 1. The van der Waals surface area contributed by atoms with Crippen LogP contribution in [0.15, 0.2) is 12.2 Å². The molecule has 2 atom stereocenters. The van der Waals surface area contributed by atoms with Gasteiger partial charge in [0.15, 0.2) is 0 Å². The maximum absolute atomic E-state index is 12.6. The summed E-state index contributed by atoms with van der Waals surface area (Å²) in [5.74, 6) is 0.185. The van der Waals surface area contributed by atoms with Crippen molar-refractivity contribution in [3.63, 3.8) is 0 Å². The molecule has 1 N–H and O–H groups in total. The highest BCUT2D eigenvalue weighted by Crippen LogP contribution is 2.10. The van der Waals surface area contributed by atoms with E-state index < -0.39 is 0 Å². The van der Waals surface area contributed by atoms with E-state index in [2.05, 4.69) is 16.4 Å². The highest BCUT2D eigenvalue weighted by Gasteiger charge is 2.28. The maximum atomic E-state index is 12.6. The molecular weight excluding hydrogens is 266 g/mol. The molecule has 1 fully saturated rings. The minimum atomic E-state index is -0.290. The van der Waals surface area contributed by atoms with E-state index in [-0.39, 0.29) is 18.1 Å². The normalized spacial score (nSPS) is 20.0. The first kappa shape index (κ1) is 18.1. The highest BCUT2D eigenvalue weighted by atomic mass is 16.3. The molecular formula is C16H31N3O2. The lowest BCUT2D eigenvalue weighted by atomic mass is 10.2. The van der Waals surface area contributed by atoms with Gasteiger partial charge in [-0.05, 0) is 27.7 Å². The van der Waals surface area contributed by atoms with Gasteiger partial charge in [0.1, 0.15) is 0 Å². The van der Waals surface area contributed by atoms with Crippen LogP contribution in [0.3, 0.4) is 0 Å². The lowest BCUT2D eigenvalue weighted by Crippen LogP contribution is -2.55. The predicted octanol–water partition coefficient (Wildman–Crippen LogP) is 0.798. The Balaban J connectivity index is 2.50. The van der Waals surface area contributed by atoms with Gasteiger partial charge in [0.2, 0.25) is 5.91 Å². The number of carbonyl (C=O) groups excluding carboxylic acids is 1. The van der Waals surface area contributed by atoms with Crippen molar-refractivity contribution in [2.75, 3.05) is 45.8 Å². The number of nitrogens with zero attached hydrogens (tertiary/aromatic N) is 3. The molecule has 0 bridgehead atoms. The molecule has 5 nitrogen and oxygen atoms in total. The molecule has 0 aromatic heterocycles. The molecule has 0 aromatic carbocycles. The number of amides is 1. The van der Waals surface area contributed by atoms with Crippen molar-refractivity contribution in [1.82, 2.24) is 14.7 Å². The van der Waals surface area contributed by atoms with Gasteiger partial charge in [-0.2, -0.15) is 0 Å². The predicted molar refractivity (Wildman–Crippen MR) is 86.2 cm³/mol. The SMILES string of the molecule is C=C(C)CN(CC)C(=O)C(C)N1CCN(CC(C)O)CC1. The summed E-state index contributed by atoms with van der Waals surface area (Å²) in [7, 11) is 0. The van der Waals surface area contributed by atoms with Crippen LogP contribution in [0.4, 0.5) is 0 Å². The molecule has 1 rings (SSSR count). The molecule has 1 saturated heterocycles. The number of piperazine rings is 1. The average molecular weight is 297 g/mol. The van der Waals surface area contributed by atoms with E-state index in [1.54, 1.807) is 0 Å². The summed E-state index contributed by atoms with van der Waals surface area (Å²) in [6.45, 7) is 17.3. The second kappa shape index (κ2) is 8.51. The van der Waals surface area contributed by atoms with E-state index in [0.29, 0.717) is 13.1 Å². The van der Waals surface area contributed by atoms with E-state index in [1.165, 1.54) is 0 Å². The van der Waals surface area contributed by atoms with Gasteiger partial charge in [-0.1, -0.05) is 12.2 Å². The number of hydrogen-bond acceptors (Lipinski definition) is 4. The second-order valence-corrected chi connectivity index (χ2v) is 6.17. The number of likely N-dealkylation sites (N-methyl/N-ethyl adjacent to an activating group) is 1. The fourth-order valence-electron chi connectivity index (χ4n) is 2.80. The fraction of sp³-hybridized carbons (Fsp3) is 0.812. The van der Waals surface area contributed by atoms with Gasteiger partial charge in [-0.15, -0.1) is 0 Å². The topological polar surface area (TPSA) is 47.0 Å². The van der Waals surface area contributed by atoms with Crippen molar-refractivity contribution >= 4 is 5.91 Å². The maximum Gasteiger partial charge on any atom is 0.239 e. The van der Waals surface area contributed by atoms with Crippen molar-refractivity contribution in [3.8, 4) is 0 Å². The summed E-state index contributed by atoms with van der Waals surface area (Å²) in [6.07, 6.45) is -0.290. The Kier molecular flexibility index (Phi) is 7.35. The zero-order valence-electron chi connectivity index (χ0n) is 14.0. The first-order valence-corrected chi connectivity index (χ1v) is 7.92. The summed E-state index contributed by atoms with van der Waals surface area (Å²) in [5, 5.41) is 9.43. The molecule has 5 heteroatoms. The van der Waals surface area contributed by atoms with Gasteiger partial charge in [0, 0.05) is 45.8 Å². The van der Waals surface area contributed by atoms with Crippen LogP contribution < -0.4 is 0 Å². The highest BCUT2D eigenvalue weighted by molar-refractivity contribution is 5.81. The van der Waals surface area contributed by atoms with Crippen LogP contribution in [-0.2, 0) is 4.79 Å². The van der Waals surface area contributed by atoms with E-state index in [0.717, 1.165) is 38.3 Å². The molecule has 0 saturated carbocycles. The number of aliphatic hydroxyl groups is 1. The third kappa shape index (κ3) is 5.77. The van der Waals surface area contributed by atoms with E-state index >= 15 is 0 Å². The number of β-amino-alcohol motifs (C(OH)–C–C–N with tert-alkyl or cyclic N) is 1. The summed E-state index contributed by atoms with van der Waals surface area (Å²) in [6, 6.07) is -0.0852. The number of rotatable bonds is 7. The lowest BCUT2D eigenvalue weighted by Gasteiger charge is -2.39. The minimum Gasteiger partial charge on any atom is -0.392 e. The molecule has 21 heavy (non-hydrogen) atoms. The Labute approximate surface area is 129 Å². The zero-order valence-corrected chi connectivity index (χ0v) is 14.0. The van der Waals surface area contributed by atoms with Crippen LogP contribution in [-0.4, -0.2) is 83.7 Å². The lowest BCUT2D eigenvalue weighted by molar-refractivity contribution is -0.136.